The highest BCUT2D eigenvalue weighted by atomic mass is 16.6. The number of methoxy groups -OCH3 is 2. The number of nitro groups is 1. The van der Waals surface area contributed by atoms with Gasteiger partial charge in [0, 0.05) is 11.6 Å². The third kappa shape index (κ3) is 3.93. The number of carbonyl (C=O) groups is 1. The molecule has 7 nitrogen and oxygen atoms in total. The van der Waals surface area contributed by atoms with Crippen molar-refractivity contribution < 1.29 is 23.6 Å². The summed E-state index contributed by atoms with van der Waals surface area (Å²) in [6.07, 6.45) is 2.88. The summed E-state index contributed by atoms with van der Waals surface area (Å²) in [5, 5.41) is 11.2. The summed E-state index contributed by atoms with van der Waals surface area (Å²) in [6.45, 7) is 0. The molecule has 142 valence electrons. The highest BCUT2D eigenvalue weighted by molar-refractivity contribution is 6.07. The lowest BCUT2D eigenvalue weighted by Crippen LogP contribution is -1.97. The standard InChI is InChI=1S/C21H17NO6/c1-26-20-11-7-14(13-21(20)27-2)18(23)10-8-15-9-12-19(28-15)16-5-3-4-6-17(16)22(24)25/h3-13H,1-2H3/b10-8+. The molecule has 0 bridgehead atoms. The van der Waals surface area contributed by atoms with E-state index in [9.17, 15) is 14.9 Å². The van der Waals surface area contributed by atoms with Crippen molar-refractivity contribution >= 4 is 17.5 Å². The van der Waals surface area contributed by atoms with E-state index in [1.165, 1.54) is 32.4 Å². The smallest absolute Gasteiger partial charge is 0.280 e. The normalized spacial score (nSPS) is 10.8. The minimum atomic E-state index is -0.464. The highest BCUT2D eigenvalue weighted by Crippen LogP contribution is 2.31. The predicted molar refractivity (Wildman–Crippen MR) is 104 cm³/mol. The summed E-state index contributed by atoms with van der Waals surface area (Å²) in [5.41, 5.74) is 0.756. The van der Waals surface area contributed by atoms with Gasteiger partial charge in [0.2, 0.25) is 0 Å². The van der Waals surface area contributed by atoms with E-state index in [1.54, 1.807) is 48.5 Å². The second-order valence-corrected chi connectivity index (χ2v) is 5.74. The van der Waals surface area contributed by atoms with Gasteiger partial charge in [-0.2, -0.15) is 0 Å². The second kappa shape index (κ2) is 8.22. The zero-order chi connectivity index (χ0) is 20.1. The van der Waals surface area contributed by atoms with Crippen LogP contribution in [0.3, 0.4) is 0 Å². The number of benzene rings is 2. The van der Waals surface area contributed by atoms with E-state index in [-0.39, 0.29) is 11.5 Å². The van der Waals surface area contributed by atoms with Crippen LogP contribution in [-0.2, 0) is 0 Å². The fourth-order valence-electron chi connectivity index (χ4n) is 2.67. The molecule has 0 aliphatic carbocycles. The molecule has 28 heavy (non-hydrogen) atoms. The van der Waals surface area contributed by atoms with E-state index in [0.29, 0.717) is 34.1 Å². The largest absolute Gasteiger partial charge is 0.493 e. The lowest BCUT2D eigenvalue weighted by Gasteiger charge is -2.07. The Morgan fingerprint density at radius 2 is 1.79 bits per heavy atom. The third-order valence-electron chi connectivity index (χ3n) is 4.06. The number of allylic oxidation sites excluding steroid dienone is 1. The van der Waals surface area contributed by atoms with Crippen LogP contribution in [-0.4, -0.2) is 24.9 Å². The molecule has 0 spiro atoms. The molecule has 0 unspecified atom stereocenters. The zero-order valence-electron chi connectivity index (χ0n) is 15.2. The van der Waals surface area contributed by atoms with Crippen LogP contribution in [0.1, 0.15) is 16.1 Å². The molecule has 3 rings (SSSR count). The molecule has 0 atom stereocenters. The van der Waals surface area contributed by atoms with E-state index in [2.05, 4.69) is 0 Å². The number of ketones is 1. The van der Waals surface area contributed by atoms with Crippen LogP contribution >= 0.6 is 0 Å². The van der Waals surface area contributed by atoms with E-state index in [0.717, 1.165) is 0 Å². The van der Waals surface area contributed by atoms with Gasteiger partial charge in [0.15, 0.2) is 17.3 Å². The number of hydrogen-bond acceptors (Lipinski definition) is 6. The maximum Gasteiger partial charge on any atom is 0.280 e. The number of para-hydroxylation sites is 1. The lowest BCUT2D eigenvalue weighted by atomic mass is 10.1. The molecule has 0 radical (unpaired) electrons. The summed E-state index contributed by atoms with van der Waals surface area (Å²) in [6, 6.07) is 14.5. The maximum absolute atomic E-state index is 12.4. The summed E-state index contributed by atoms with van der Waals surface area (Å²) in [7, 11) is 3.01. The van der Waals surface area contributed by atoms with Gasteiger partial charge in [0.05, 0.1) is 24.7 Å². The van der Waals surface area contributed by atoms with Crippen LogP contribution in [0.15, 0.2) is 65.1 Å². The maximum atomic E-state index is 12.4. The quantitative estimate of drug-likeness (QED) is 0.254. The van der Waals surface area contributed by atoms with Gasteiger partial charge in [-0.15, -0.1) is 0 Å². The van der Waals surface area contributed by atoms with Crippen molar-refractivity contribution in [3.63, 3.8) is 0 Å². The Balaban J connectivity index is 1.81. The number of ether oxygens (including phenoxy) is 2. The van der Waals surface area contributed by atoms with Crippen LogP contribution in [0, 0.1) is 10.1 Å². The Kier molecular flexibility index (Phi) is 5.55. The van der Waals surface area contributed by atoms with Crippen LogP contribution in [0.4, 0.5) is 5.69 Å². The fourth-order valence-corrected chi connectivity index (χ4v) is 2.67. The summed E-state index contributed by atoms with van der Waals surface area (Å²) in [5.74, 6) is 1.50. The van der Waals surface area contributed by atoms with E-state index < -0.39 is 4.92 Å². The van der Waals surface area contributed by atoms with Gasteiger partial charge >= 0.3 is 0 Å². The first-order valence-corrected chi connectivity index (χ1v) is 8.31. The van der Waals surface area contributed by atoms with Crippen molar-refractivity contribution in [3.05, 3.63) is 82.1 Å². The first kappa shape index (κ1) is 18.9. The monoisotopic (exact) mass is 379 g/mol. The van der Waals surface area contributed by atoms with Crippen LogP contribution < -0.4 is 9.47 Å². The lowest BCUT2D eigenvalue weighted by molar-refractivity contribution is -0.384. The molecule has 0 aliphatic heterocycles. The molecule has 0 saturated carbocycles. The molecule has 0 fully saturated rings. The average molecular weight is 379 g/mol. The third-order valence-corrected chi connectivity index (χ3v) is 4.06. The van der Waals surface area contributed by atoms with Crippen molar-refractivity contribution in [1.82, 2.24) is 0 Å². The van der Waals surface area contributed by atoms with Crippen molar-refractivity contribution in [2.24, 2.45) is 0 Å². The number of nitrogens with zero attached hydrogens (tertiary/aromatic N) is 1. The van der Waals surface area contributed by atoms with Gasteiger partial charge in [-0.05, 0) is 48.6 Å². The van der Waals surface area contributed by atoms with Gasteiger partial charge in [0.1, 0.15) is 11.5 Å². The number of furan rings is 1. The SMILES string of the molecule is COc1ccc(C(=O)/C=C/c2ccc(-c3ccccc3[N+](=O)[O-])o2)cc1OC. The molecule has 3 aromatic rings. The Morgan fingerprint density at radius 1 is 1.04 bits per heavy atom. The number of carbonyl (C=O) groups excluding carboxylic acids is 1. The highest BCUT2D eigenvalue weighted by Gasteiger charge is 2.17. The van der Waals surface area contributed by atoms with Gasteiger partial charge in [-0.3, -0.25) is 14.9 Å². The molecule has 0 amide bonds. The second-order valence-electron chi connectivity index (χ2n) is 5.74. The minimum absolute atomic E-state index is 0.0474. The van der Waals surface area contributed by atoms with Gasteiger partial charge < -0.3 is 13.9 Å². The number of rotatable bonds is 7. The Hall–Kier alpha value is -3.87. The van der Waals surface area contributed by atoms with Crippen molar-refractivity contribution in [3.8, 4) is 22.8 Å². The first-order chi connectivity index (χ1) is 13.5. The Morgan fingerprint density at radius 3 is 2.50 bits per heavy atom. The topological polar surface area (TPSA) is 91.8 Å². The van der Waals surface area contributed by atoms with Gasteiger partial charge in [0.25, 0.3) is 5.69 Å². The van der Waals surface area contributed by atoms with E-state index >= 15 is 0 Å². The molecule has 1 aromatic heterocycles. The molecule has 0 aliphatic rings. The predicted octanol–water partition coefficient (Wildman–Crippen LogP) is 4.77. The summed E-state index contributed by atoms with van der Waals surface area (Å²) < 4.78 is 16.0. The molecule has 0 saturated heterocycles. The summed E-state index contributed by atoms with van der Waals surface area (Å²) in [4.78, 5) is 23.1. The minimum Gasteiger partial charge on any atom is -0.493 e. The van der Waals surface area contributed by atoms with Crippen LogP contribution in [0.2, 0.25) is 0 Å². The van der Waals surface area contributed by atoms with Crippen LogP contribution in [0.25, 0.3) is 17.4 Å². The molecule has 2 aromatic carbocycles. The van der Waals surface area contributed by atoms with E-state index in [1.807, 2.05) is 0 Å². The molecule has 0 N–H and O–H groups in total. The first-order valence-electron chi connectivity index (χ1n) is 8.31. The number of nitro benzene ring substituents is 1. The van der Waals surface area contributed by atoms with Crippen molar-refractivity contribution in [2.45, 2.75) is 0 Å². The van der Waals surface area contributed by atoms with Crippen molar-refractivity contribution in [1.29, 1.82) is 0 Å². The summed E-state index contributed by atoms with van der Waals surface area (Å²) >= 11 is 0. The Labute approximate surface area is 161 Å². The average Bonchev–Trinajstić information content (AvgIpc) is 3.20. The molecular weight excluding hydrogens is 362 g/mol. The number of hydrogen-bond donors (Lipinski definition) is 0. The van der Waals surface area contributed by atoms with Crippen LogP contribution in [0.5, 0.6) is 11.5 Å². The Bertz CT molecular complexity index is 1050. The molecule has 7 heteroatoms. The van der Waals surface area contributed by atoms with Gasteiger partial charge in [-0.25, -0.2) is 0 Å². The molecular formula is C21H17NO6. The zero-order valence-corrected chi connectivity index (χ0v) is 15.2. The van der Waals surface area contributed by atoms with Gasteiger partial charge in [-0.1, -0.05) is 12.1 Å². The fraction of sp³-hybridized carbons (Fsp3) is 0.0952. The van der Waals surface area contributed by atoms with E-state index in [4.69, 9.17) is 13.9 Å². The molecule has 1 heterocycles. The van der Waals surface area contributed by atoms with Crippen molar-refractivity contribution in [2.75, 3.05) is 14.2 Å².